The van der Waals surface area contributed by atoms with Gasteiger partial charge in [0.2, 0.25) is 11.8 Å². The van der Waals surface area contributed by atoms with E-state index in [-0.39, 0.29) is 18.9 Å². The summed E-state index contributed by atoms with van der Waals surface area (Å²) in [5.74, 6) is -2.48. The number of nitrogens with two attached hydrogens (primary N) is 3. The van der Waals surface area contributed by atoms with Gasteiger partial charge in [-0.25, -0.2) is 4.79 Å². The van der Waals surface area contributed by atoms with Crippen LogP contribution in [0.1, 0.15) is 44.9 Å². The number of aliphatic hydroxyl groups excluding tert-OH is 1. The molecular weight excluding hydrogens is 356 g/mol. The van der Waals surface area contributed by atoms with Crippen molar-refractivity contribution in [2.45, 2.75) is 62.6 Å². The van der Waals surface area contributed by atoms with E-state index >= 15 is 0 Å². The molecule has 0 aromatic rings. The van der Waals surface area contributed by atoms with Crippen LogP contribution in [0.5, 0.6) is 0 Å². The summed E-state index contributed by atoms with van der Waals surface area (Å²) in [6, 6.07) is -2.28. The molecule has 10 N–H and O–H groups in total. The van der Waals surface area contributed by atoms with E-state index < -0.39 is 42.0 Å². The molecule has 0 aliphatic heterocycles. The maximum Gasteiger partial charge on any atom is 0.326 e. The van der Waals surface area contributed by atoms with Gasteiger partial charge in [0, 0.05) is 6.54 Å². The fraction of sp³-hybridized carbons (Fsp3) is 0.750. The zero-order valence-electron chi connectivity index (χ0n) is 15.3. The summed E-state index contributed by atoms with van der Waals surface area (Å²) in [5, 5.41) is 23.6. The monoisotopic (exact) mass is 386 g/mol. The summed E-state index contributed by atoms with van der Waals surface area (Å²) >= 11 is 0. The van der Waals surface area contributed by atoms with Gasteiger partial charge in [-0.05, 0) is 25.7 Å². The highest BCUT2D eigenvalue weighted by molar-refractivity contribution is 5.95. The number of nitrogens with one attached hydrogen (secondary N) is 2. The Hall–Kier alpha value is -2.40. The highest BCUT2D eigenvalue weighted by Crippen LogP contribution is 2.29. The summed E-state index contributed by atoms with van der Waals surface area (Å²) in [6.45, 7) is -0.304. The number of guanidine groups is 1. The second kappa shape index (κ2) is 10.7. The van der Waals surface area contributed by atoms with Crippen LogP contribution in [-0.2, 0) is 14.4 Å². The molecule has 0 bridgehead atoms. The fourth-order valence-electron chi connectivity index (χ4n) is 3.03. The van der Waals surface area contributed by atoms with E-state index in [9.17, 15) is 19.5 Å². The topological polar surface area (TPSA) is 206 Å². The number of carbonyl (C=O) groups excluding carboxylic acids is 2. The lowest BCUT2D eigenvalue weighted by Crippen LogP contribution is -2.64. The number of nitrogens with zero attached hydrogens (tertiary/aromatic N) is 1. The number of aliphatic carboxylic acids is 1. The maximum atomic E-state index is 12.9. The number of carboxylic acid groups (broad SMARTS) is 1. The third-order valence-electron chi connectivity index (χ3n) is 4.59. The third-order valence-corrected chi connectivity index (χ3v) is 4.59. The van der Waals surface area contributed by atoms with Crippen LogP contribution < -0.4 is 27.8 Å². The predicted octanol–water partition coefficient (Wildman–Crippen LogP) is -2.25. The number of hydrogen-bond donors (Lipinski definition) is 7. The Labute approximate surface area is 157 Å². The Morgan fingerprint density at radius 1 is 1.15 bits per heavy atom. The van der Waals surface area contributed by atoms with Crippen molar-refractivity contribution in [3.05, 3.63) is 0 Å². The summed E-state index contributed by atoms with van der Waals surface area (Å²) in [4.78, 5) is 40.2. The minimum Gasteiger partial charge on any atom is -0.480 e. The number of aliphatic hydroxyl groups is 1. The second-order valence-electron chi connectivity index (χ2n) is 6.73. The molecule has 1 aliphatic rings. The van der Waals surface area contributed by atoms with Crippen LogP contribution >= 0.6 is 0 Å². The van der Waals surface area contributed by atoms with Gasteiger partial charge in [0.05, 0.1) is 6.61 Å². The molecule has 1 saturated carbocycles. The summed E-state index contributed by atoms with van der Waals surface area (Å²) in [7, 11) is 0. The summed E-state index contributed by atoms with van der Waals surface area (Å²) in [6.07, 6.45) is 3.60. The maximum absolute atomic E-state index is 12.9. The zero-order chi connectivity index (χ0) is 20.4. The van der Waals surface area contributed by atoms with Crippen molar-refractivity contribution in [3.8, 4) is 0 Å². The van der Waals surface area contributed by atoms with Gasteiger partial charge in [0.15, 0.2) is 5.96 Å². The molecule has 2 amide bonds. The lowest BCUT2D eigenvalue weighted by Gasteiger charge is -2.38. The molecule has 1 fully saturated rings. The van der Waals surface area contributed by atoms with Crippen molar-refractivity contribution in [1.82, 2.24) is 10.6 Å². The molecule has 0 saturated heterocycles. The number of hydrogen-bond acceptors (Lipinski definition) is 6. The van der Waals surface area contributed by atoms with Crippen molar-refractivity contribution in [2.24, 2.45) is 22.2 Å². The number of rotatable bonds is 10. The normalized spacial score (nSPS) is 18.0. The Kier molecular flexibility index (Phi) is 8.95. The van der Waals surface area contributed by atoms with E-state index in [0.29, 0.717) is 32.1 Å². The van der Waals surface area contributed by atoms with Crippen molar-refractivity contribution in [2.75, 3.05) is 13.2 Å². The van der Waals surface area contributed by atoms with Crippen LogP contribution in [0, 0.1) is 0 Å². The first-order valence-corrected chi connectivity index (χ1v) is 8.99. The van der Waals surface area contributed by atoms with E-state index in [0.717, 1.165) is 6.42 Å². The molecular formula is C16H30N6O5. The molecule has 154 valence electrons. The number of carbonyl (C=O) groups is 3. The fourth-order valence-corrected chi connectivity index (χ4v) is 3.03. The molecule has 0 aromatic carbocycles. The molecule has 0 unspecified atom stereocenters. The van der Waals surface area contributed by atoms with E-state index in [2.05, 4.69) is 15.6 Å². The standard InChI is InChI=1S/C16H30N6O5/c17-10(9-23)12(24)22-16(6-2-1-3-7-16)14(27)21-11(13(25)26)5-4-8-20-15(18)19/h10-11,23H,1-9,17H2,(H,21,27)(H,22,24)(H,25,26)(H4,18,19,20)/t10-,11-/m1/s1. The molecule has 11 nitrogen and oxygen atoms in total. The van der Waals surface area contributed by atoms with Gasteiger partial charge in [-0.1, -0.05) is 19.3 Å². The van der Waals surface area contributed by atoms with Crippen LogP contribution in [-0.4, -0.2) is 64.7 Å². The molecule has 1 aliphatic carbocycles. The lowest BCUT2D eigenvalue weighted by atomic mass is 9.80. The highest BCUT2D eigenvalue weighted by Gasteiger charge is 2.42. The van der Waals surface area contributed by atoms with Crippen molar-refractivity contribution in [1.29, 1.82) is 0 Å². The van der Waals surface area contributed by atoms with Crippen LogP contribution in [0.3, 0.4) is 0 Å². The van der Waals surface area contributed by atoms with E-state index in [1.165, 1.54) is 0 Å². The molecule has 2 atom stereocenters. The number of amides is 2. The molecule has 1 rings (SSSR count). The molecule has 11 heteroatoms. The van der Waals surface area contributed by atoms with E-state index in [4.69, 9.17) is 22.3 Å². The molecule has 27 heavy (non-hydrogen) atoms. The minimum atomic E-state index is -1.23. The smallest absolute Gasteiger partial charge is 0.326 e. The first-order valence-electron chi connectivity index (χ1n) is 8.99. The first kappa shape index (κ1) is 22.6. The molecule has 0 spiro atoms. The minimum absolute atomic E-state index is 0.0880. The molecule has 0 aromatic heterocycles. The van der Waals surface area contributed by atoms with Gasteiger partial charge in [-0.3, -0.25) is 14.6 Å². The third kappa shape index (κ3) is 7.02. The quantitative estimate of drug-likeness (QED) is 0.124. The van der Waals surface area contributed by atoms with Gasteiger partial charge in [0.1, 0.15) is 17.6 Å². The Bertz CT molecular complexity index is 558. The van der Waals surface area contributed by atoms with Gasteiger partial charge < -0.3 is 38.0 Å². The average Bonchev–Trinajstić information content (AvgIpc) is 2.63. The van der Waals surface area contributed by atoms with Gasteiger partial charge >= 0.3 is 5.97 Å². The predicted molar refractivity (Wildman–Crippen MR) is 98.5 cm³/mol. The summed E-state index contributed by atoms with van der Waals surface area (Å²) in [5.41, 5.74) is 14.7. The van der Waals surface area contributed by atoms with E-state index in [1.807, 2.05) is 0 Å². The lowest BCUT2D eigenvalue weighted by molar-refractivity contribution is -0.144. The second-order valence-corrected chi connectivity index (χ2v) is 6.73. The zero-order valence-corrected chi connectivity index (χ0v) is 15.3. The van der Waals surface area contributed by atoms with Crippen molar-refractivity contribution >= 4 is 23.7 Å². The van der Waals surface area contributed by atoms with Crippen molar-refractivity contribution in [3.63, 3.8) is 0 Å². The Morgan fingerprint density at radius 3 is 2.30 bits per heavy atom. The Morgan fingerprint density at radius 2 is 1.78 bits per heavy atom. The van der Waals surface area contributed by atoms with Crippen molar-refractivity contribution < 1.29 is 24.6 Å². The largest absolute Gasteiger partial charge is 0.480 e. The van der Waals surface area contributed by atoms with Crippen LogP contribution in [0.15, 0.2) is 4.99 Å². The number of aliphatic imine (C=N–C) groups is 1. The average molecular weight is 386 g/mol. The van der Waals surface area contributed by atoms with E-state index in [1.54, 1.807) is 0 Å². The van der Waals surface area contributed by atoms with Crippen LogP contribution in [0.25, 0.3) is 0 Å². The first-order chi connectivity index (χ1) is 12.7. The van der Waals surface area contributed by atoms with Gasteiger partial charge in [0.25, 0.3) is 0 Å². The Balaban J connectivity index is 2.82. The van der Waals surface area contributed by atoms with Gasteiger partial charge in [-0.15, -0.1) is 0 Å². The van der Waals surface area contributed by atoms with Crippen LogP contribution in [0.4, 0.5) is 0 Å². The highest BCUT2D eigenvalue weighted by atomic mass is 16.4. The SMILES string of the molecule is NC(N)=NCCC[C@@H](NC(=O)C1(NC(=O)[C@H](N)CO)CCCCC1)C(=O)O. The van der Waals surface area contributed by atoms with Crippen LogP contribution in [0.2, 0.25) is 0 Å². The molecule has 0 heterocycles. The summed E-state index contributed by atoms with van der Waals surface area (Å²) < 4.78 is 0. The van der Waals surface area contributed by atoms with Gasteiger partial charge in [-0.2, -0.15) is 0 Å². The number of carboxylic acids is 1. The molecule has 0 radical (unpaired) electrons.